The largest absolute Gasteiger partial charge is 0.298 e. The van der Waals surface area contributed by atoms with Crippen molar-refractivity contribution in [2.24, 2.45) is 0 Å². The molecular formula is C14H22Cl2N2O2S2. The number of hydrogen-bond donors (Lipinski definition) is 1. The number of hydrogen-bond acceptors (Lipinski definition) is 4. The number of rotatable bonds is 6. The summed E-state index contributed by atoms with van der Waals surface area (Å²) in [6, 6.07) is 2.54. The van der Waals surface area contributed by atoms with Crippen molar-refractivity contribution in [2.75, 3.05) is 13.1 Å². The van der Waals surface area contributed by atoms with Crippen molar-refractivity contribution < 1.29 is 8.42 Å². The molecule has 2 heterocycles. The Morgan fingerprint density at radius 3 is 2.50 bits per heavy atom. The van der Waals surface area contributed by atoms with E-state index in [1.54, 1.807) is 0 Å². The highest BCUT2D eigenvalue weighted by molar-refractivity contribution is 7.89. The van der Waals surface area contributed by atoms with Gasteiger partial charge in [0.1, 0.15) is 9.23 Å². The zero-order valence-corrected chi connectivity index (χ0v) is 16.0. The van der Waals surface area contributed by atoms with Gasteiger partial charge in [0, 0.05) is 18.6 Å². The van der Waals surface area contributed by atoms with E-state index < -0.39 is 10.0 Å². The number of thiophene rings is 1. The molecule has 0 amide bonds. The predicted molar refractivity (Wildman–Crippen MR) is 93.6 cm³/mol. The maximum absolute atomic E-state index is 12.2. The van der Waals surface area contributed by atoms with Gasteiger partial charge in [-0.3, -0.25) is 4.90 Å². The van der Waals surface area contributed by atoms with E-state index in [-0.39, 0.29) is 9.23 Å². The molecular weight excluding hydrogens is 363 g/mol. The summed E-state index contributed by atoms with van der Waals surface area (Å²) in [7, 11) is -3.57. The summed E-state index contributed by atoms with van der Waals surface area (Å²) in [4.78, 5) is 2.54. The van der Waals surface area contributed by atoms with Crippen molar-refractivity contribution in [1.29, 1.82) is 0 Å². The normalized spacial score (nSPS) is 23.8. The molecule has 0 aromatic carbocycles. The molecule has 0 radical (unpaired) electrons. The Morgan fingerprint density at radius 2 is 1.95 bits per heavy atom. The zero-order valence-electron chi connectivity index (χ0n) is 12.8. The van der Waals surface area contributed by atoms with Crippen LogP contribution in [-0.2, 0) is 10.0 Å². The van der Waals surface area contributed by atoms with Gasteiger partial charge in [0.05, 0.1) is 4.34 Å². The molecule has 2 unspecified atom stereocenters. The Kier molecular flexibility index (Phi) is 6.57. The first kappa shape index (κ1) is 18.5. The van der Waals surface area contributed by atoms with Crippen LogP contribution in [0.15, 0.2) is 11.0 Å². The molecule has 1 aliphatic heterocycles. The van der Waals surface area contributed by atoms with Gasteiger partial charge in [-0.05, 0) is 45.7 Å². The Morgan fingerprint density at radius 1 is 1.32 bits per heavy atom. The number of piperidine rings is 1. The molecule has 0 bridgehead atoms. The highest BCUT2D eigenvalue weighted by atomic mass is 35.5. The number of sulfonamides is 1. The molecule has 126 valence electrons. The van der Waals surface area contributed by atoms with Crippen molar-refractivity contribution >= 4 is 44.6 Å². The van der Waals surface area contributed by atoms with Crippen molar-refractivity contribution in [1.82, 2.24) is 9.62 Å². The van der Waals surface area contributed by atoms with Gasteiger partial charge in [-0.15, -0.1) is 11.3 Å². The van der Waals surface area contributed by atoms with Crippen molar-refractivity contribution in [3.63, 3.8) is 0 Å². The van der Waals surface area contributed by atoms with E-state index in [4.69, 9.17) is 23.2 Å². The van der Waals surface area contributed by atoms with Crippen molar-refractivity contribution in [3.8, 4) is 0 Å². The van der Waals surface area contributed by atoms with Gasteiger partial charge in [-0.25, -0.2) is 13.1 Å². The molecule has 1 aromatic heterocycles. The molecule has 2 atom stereocenters. The summed E-state index contributed by atoms with van der Waals surface area (Å²) in [5.74, 6) is 0. The van der Waals surface area contributed by atoms with Crippen LogP contribution >= 0.6 is 34.5 Å². The van der Waals surface area contributed by atoms with Gasteiger partial charge in [0.25, 0.3) is 0 Å². The van der Waals surface area contributed by atoms with Crippen molar-refractivity contribution in [3.05, 3.63) is 14.7 Å². The molecule has 1 saturated heterocycles. The van der Waals surface area contributed by atoms with E-state index >= 15 is 0 Å². The van der Waals surface area contributed by atoms with Gasteiger partial charge in [-0.1, -0.05) is 29.6 Å². The maximum atomic E-state index is 12.2. The molecule has 1 aliphatic rings. The quantitative estimate of drug-likeness (QED) is 0.754. The lowest BCUT2D eigenvalue weighted by atomic mass is 9.97. The monoisotopic (exact) mass is 384 g/mol. The standard InChI is InChI=1S/C14H22Cl2N2O2S2/c1-10-5-3-6-11(2)18(10)8-4-7-17-22(19,20)12-9-13(15)21-14(12)16/h9-11,17H,3-8H2,1-2H3. The lowest BCUT2D eigenvalue weighted by molar-refractivity contribution is 0.103. The van der Waals surface area contributed by atoms with Crippen LogP contribution in [0.2, 0.25) is 8.67 Å². The van der Waals surface area contributed by atoms with Crippen molar-refractivity contribution in [2.45, 2.75) is 56.5 Å². The van der Waals surface area contributed by atoms with Crippen LogP contribution in [0, 0.1) is 0 Å². The first-order valence-electron chi connectivity index (χ1n) is 7.51. The third-order valence-corrected chi connectivity index (χ3v) is 7.39. The first-order chi connectivity index (χ1) is 10.3. The first-order valence-corrected chi connectivity index (χ1v) is 10.6. The highest BCUT2D eigenvalue weighted by Gasteiger charge is 2.24. The fourth-order valence-corrected chi connectivity index (χ4v) is 6.19. The molecule has 4 nitrogen and oxygen atoms in total. The van der Waals surface area contributed by atoms with E-state index in [2.05, 4.69) is 23.5 Å². The third kappa shape index (κ3) is 4.58. The van der Waals surface area contributed by atoms with E-state index in [1.165, 1.54) is 25.3 Å². The Labute approximate surface area is 146 Å². The fourth-order valence-electron chi connectivity index (χ4n) is 2.97. The predicted octanol–water partition coefficient (Wildman–Crippen LogP) is 3.99. The molecule has 1 N–H and O–H groups in total. The minimum atomic E-state index is -3.57. The lowest BCUT2D eigenvalue weighted by Crippen LogP contribution is -2.44. The number of likely N-dealkylation sites (tertiary alicyclic amines) is 1. The summed E-state index contributed by atoms with van der Waals surface area (Å²) in [5.41, 5.74) is 0. The molecule has 1 fully saturated rings. The minimum Gasteiger partial charge on any atom is -0.298 e. The summed E-state index contributed by atoms with van der Waals surface area (Å²) < 4.78 is 27.6. The van der Waals surface area contributed by atoms with E-state index in [0.29, 0.717) is 23.0 Å². The average molecular weight is 385 g/mol. The summed E-state index contributed by atoms with van der Waals surface area (Å²) >= 11 is 12.8. The van der Waals surface area contributed by atoms with Gasteiger partial charge >= 0.3 is 0 Å². The second-order valence-corrected chi connectivity index (χ2v) is 9.83. The summed E-state index contributed by atoms with van der Waals surface area (Å²) in [5, 5.41) is 0. The molecule has 8 heteroatoms. The Hall–Kier alpha value is 0.150. The molecule has 0 saturated carbocycles. The zero-order chi connectivity index (χ0) is 16.3. The SMILES string of the molecule is CC1CCCC(C)N1CCCNS(=O)(=O)c1cc(Cl)sc1Cl. The van der Waals surface area contributed by atoms with Gasteiger partial charge in [0.15, 0.2) is 0 Å². The van der Waals surface area contributed by atoms with E-state index in [9.17, 15) is 8.42 Å². The fraction of sp³-hybridized carbons (Fsp3) is 0.714. The Bertz CT molecular complexity index is 594. The van der Waals surface area contributed by atoms with Crippen LogP contribution in [0.5, 0.6) is 0 Å². The molecule has 0 aliphatic carbocycles. The smallest absolute Gasteiger partial charge is 0.242 e. The summed E-state index contributed by atoms with van der Waals surface area (Å²) in [6.07, 6.45) is 4.50. The van der Waals surface area contributed by atoms with Crippen LogP contribution in [0.1, 0.15) is 39.5 Å². The van der Waals surface area contributed by atoms with Crippen LogP contribution in [0.4, 0.5) is 0 Å². The van der Waals surface area contributed by atoms with Crippen LogP contribution < -0.4 is 4.72 Å². The molecule has 2 rings (SSSR count). The highest BCUT2D eigenvalue weighted by Crippen LogP contribution is 2.34. The number of nitrogens with zero attached hydrogens (tertiary/aromatic N) is 1. The minimum absolute atomic E-state index is 0.0730. The van der Waals surface area contributed by atoms with E-state index in [0.717, 1.165) is 24.3 Å². The summed E-state index contributed by atoms with van der Waals surface area (Å²) in [6.45, 7) is 5.80. The third-order valence-electron chi connectivity index (χ3n) is 4.18. The lowest BCUT2D eigenvalue weighted by Gasteiger charge is -2.39. The number of halogens is 2. The van der Waals surface area contributed by atoms with Crippen LogP contribution in [0.3, 0.4) is 0 Å². The average Bonchev–Trinajstić information content (AvgIpc) is 2.77. The molecule has 1 aromatic rings. The van der Waals surface area contributed by atoms with Gasteiger partial charge in [0.2, 0.25) is 10.0 Å². The second kappa shape index (κ2) is 7.81. The Balaban J connectivity index is 1.84. The molecule has 22 heavy (non-hydrogen) atoms. The second-order valence-electron chi connectivity index (χ2n) is 5.81. The molecule has 0 spiro atoms. The topological polar surface area (TPSA) is 49.4 Å². The van der Waals surface area contributed by atoms with Crippen LogP contribution in [-0.4, -0.2) is 38.5 Å². The maximum Gasteiger partial charge on any atom is 0.242 e. The van der Waals surface area contributed by atoms with Crippen LogP contribution in [0.25, 0.3) is 0 Å². The number of nitrogens with one attached hydrogen (secondary N) is 1. The van der Waals surface area contributed by atoms with Gasteiger partial charge < -0.3 is 0 Å². The van der Waals surface area contributed by atoms with Gasteiger partial charge in [-0.2, -0.15) is 0 Å². The van der Waals surface area contributed by atoms with E-state index in [1.807, 2.05) is 0 Å².